The van der Waals surface area contributed by atoms with Crippen molar-refractivity contribution in [3.8, 4) is 0 Å². The van der Waals surface area contributed by atoms with Crippen LogP contribution >= 0.6 is 0 Å². The summed E-state index contributed by atoms with van der Waals surface area (Å²) < 4.78 is 36.3. The van der Waals surface area contributed by atoms with E-state index in [0.717, 1.165) is 54.0 Å². The third kappa shape index (κ3) is 9.55. The topological polar surface area (TPSA) is 57.2 Å². The Kier molecular flexibility index (Phi) is 14.3. The molecule has 0 saturated heterocycles. The van der Waals surface area contributed by atoms with E-state index in [4.69, 9.17) is 0 Å². The van der Waals surface area contributed by atoms with Crippen LogP contribution in [0.3, 0.4) is 0 Å². The standard InChI is InChI=1S/C26H40O3S.Na/c1-3-5-7-9-11-13-17-22-21-26(30(27,28)29)25(20-14-12-10-8-6-4-2)24-19-16-15-18-23(22)24;/h15-16,18-19,21H,3-14,17,20H2,1-2H3,(H,27,28,29);/q;+1/p-1. The van der Waals surface area contributed by atoms with Crippen LogP contribution < -0.4 is 29.6 Å². The van der Waals surface area contributed by atoms with E-state index in [1.54, 1.807) is 6.07 Å². The molecule has 0 aliphatic heterocycles. The summed E-state index contributed by atoms with van der Waals surface area (Å²) in [6, 6.07) is 9.70. The third-order valence-corrected chi connectivity index (χ3v) is 6.95. The molecule has 0 N–H and O–H groups in total. The first-order valence-electron chi connectivity index (χ1n) is 12.0. The summed E-state index contributed by atoms with van der Waals surface area (Å²) in [5, 5.41) is 2.06. The second-order valence-electron chi connectivity index (χ2n) is 8.55. The maximum atomic E-state index is 12.1. The Bertz CT molecular complexity index is 878. The third-order valence-electron chi connectivity index (χ3n) is 6.05. The number of benzene rings is 2. The molecule has 3 nitrogen and oxygen atoms in total. The molecule has 0 aliphatic rings. The largest absolute Gasteiger partial charge is 1.00 e. The van der Waals surface area contributed by atoms with Crippen molar-refractivity contribution in [1.82, 2.24) is 0 Å². The molecule has 0 aromatic heterocycles. The van der Waals surface area contributed by atoms with Gasteiger partial charge in [-0.1, -0.05) is 102 Å². The van der Waals surface area contributed by atoms with Crippen LogP contribution in [0.25, 0.3) is 10.8 Å². The second kappa shape index (κ2) is 15.4. The van der Waals surface area contributed by atoms with Crippen LogP contribution in [0, 0.1) is 0 Å². The zero-order chi connectivity index (χ0) is 21.8. The van der Waals surface area contributed by atoms with Crippen molar-refractivity contribution in [3.63, 3.8) is 0 Å². The fourth-order valence-corrected chi connectivity index (χ4v) is 5.15. The van der Waals surface area contributed by atoms with Gasteiger partial charge in [-0.3, -0.25) is 0 Å². The predicted molar refractivity (Wildman–Crippen MR) is 126 cm³/mol. The van der Waals surface area contributed by atoms with Crippen LogP contribution in [0.1, 0.15) is 102 Å². The summed E-state index contributed by atoms with van der Waals surface area (Å²) in [6.07, 6.45) is 15.5. The van der Waals surface area contributed by atoms with Gasteiger partial charge >= 0.3 is 29.6 Å². The van der Waals surface area contributed by atoms with Crippen LogP contribution in [0.5, 0.6) is 0 Å². The Hall–Kier alpha value is -0.390. The average molecular weight is 455 g/mol. The molecular weight excluding hydrogens is 415 g/mol. The van der Waals surface area contributed by atoms with Gasteiger partial charge in [0.1, 0.15) is 10.1 Å². The second-order valence-corrected chi connectivity index (χ2v) is 9.90. The van der Waals surface area contributed by atoms with Crippen molar-refractivity contribution < 1.29 is 42.5 Å². The van der Waals surface area contributed by atoms with Gasteiger partial charge in [0.05, 0.1) is 4.90 Å². The summed E-state index contributed by atoms with van der Waals surface area (Å²) in [5.41, 5.74) is 1.73. The SMILES string of the molecule is CCCCCCCCc1cc(S(=O)(=O)[O-])c(CCCCCCCC)c2ccccc12.[Na+]. The van der Waals surface area contributed by atoms with Gasteiger partial charge in [-0.15, -0.1) is 0 Å². The van der Waals surface area contributed by atoms with Crippen molar-refractivity contribution in [2.45, 2.75) is 109 Å². The van der Waals surface area contributed by atoms with E-state index in [-0.39, 0.29) is 34.5 Å². The van der Waals surface area contributed by atoms with Gasteiger partial charge in [-0.25, -0.2) is 8.42 Å². The van der Waals surface area contributed by atoms with Gasteiger partial charge in [-0.05, 0) is 53.6 Å². The molecular formula is C26H39NaO3S. The fraction of sp³-hybridized carbons (Fsp3) is 0.615. The molecule has 0 fully saturated rings. The Balaban J connectivity index is 0.00000480. The van der Waals surface area contributed by atoms with Crippen LogP contribution in [-0.4, -0.2) is 13.0 Å². The van der Waals surface area contributed by atoms with Gasteiger partial charge < -0.3 is 4.55 Å². The molecule has 0 spiro atoms. The first-order valence-corrected chi connectivity index (χ1v) is 13.4. The number of rotatable bonds is 15. The smallest absolute Gasteiger partial charge is 0.744 e. The molecule has 0 aliphatic carbocycles. The summed E-state index contributed by atoms with van der Waals surface area (Å²) in [6.45, 7) is 4.41. The fourth-order valence-electron chi connectivity index (χ4n) is 4.35. The number of hydrogen-bond donors (Lipinski definition) is 0. The molecule has 0 radical (unpaired) electrons. The van der Waals surface area contributed by atoms with Crippen molar-refractivity contribution in [2.75, 3.05) is 0 Å². The van der Waals surface area contributed by atoms with Crippen molar-refractivity contribution in [1.29, 1.82) is 0 Å². The molecule has 2 rings (SSSR count). The van der Waals surface area contributed by atoms with Gasteiger partial charge in [0.25, 0.3) is 0 Å². The van der Waals surface area contributed by atoms with E-state index in [1.807, 2.05) is 18.2 Å². The van der Waals surface area contributed by atoms with Crippen molar-refractivity contribution in [3.05, 3.63) is 41.5 Å². The predicted octanol–water partition coefficient (Wildman–Crippen LogP) is 4.55. The zero-order valence-electron chi connectivity index (χ0n) is 19.9. The van der Waals surface area contributed by atoms with Gasteiger partial charge in [-0.2, -0.15) is 0 Å². The Morgan fingerprint density at radius 1 is 0.710 bits per heavy atom. The Labute approximate surface area is 212 Å². The molecule has 0 heterocycles. The number of fused-ring (bicyclic) bond motifs is 1. The normalized spacial score (nSPS) is 11.6. The van der Waals surface area contributed by atoms with E-state index >= 15 is 0 Å². The van der Waals surface area contributed by atoms with E-state index < -0.39 is 10.1 Å². The molecule has 0 bridgehead atoms. The summed E-state index contributed by atoms with van der Waals surface area (Å²) >= 11 is 0. The molecule has 2 aromatic carbocycles. The van der Waals surface area contributed by atoms with E-state index in [1.165, 1.54) is 51.4 Å². The van der Waals surface area contributed by atoms with Crippen LogP contribution in [0.2, 0.25) is 0 Å². The van der Waals surface area contributed by atoms with Gasteiger partial charge in [0, 0.05) is 0 Å². The molecule has 0 saturated carbocycles. The van der Waals surface area contributed by atoms with Crippen molar-refractivity contribution >= 4 is 20.9 Å². The summed E-state index contributed by atoms with van der Waals surface area (Å²) in [4.78, 5) is 0.00995. The molecule has 0 atom stereocenters. The monoisotopic (exact) mass is 454 g/mol. The van der Waals surface area contributed by atoms with E-state index in [2.05, 4.69) is 19.9 Å². The Morgan fingerprint density at radius 2 is 1.19 bits per heavy atom. The quantitative estimate of drug-likeness (QED) is 0.225. The van der Waals surface area contributed by atoms with Crippen LogP contribution in [0.15, 0.2) is 35.2 Å². The molecule has 31 heavy (non-hydrogen) atoms. The zero-order valence-corrected chi connectivity index (χ0v) is 22.7. The van der Waals surface area contributed by atoms with E-state index in [0.29, 0.717) is 6.42 Å². The minimum Gasteiger partial charge on any atom is -0.744 e. The maximum Gasteiger partial charge on any atom is 1.00 e. The molecule has 168 valence electrons. The molecule has 0 amide bonds. The van der Waals surface area contributed by atoms with Gasteiger partial charge in [0.2, 0.25) is 0 Å². The minimum absolute atomic E-state index is 0. The minimum atomic E-state index is -4.49. The van der Waals surface area contributed by atoms with Crippen LogP contribution in [-0.2, 0) is 23.0 Å². The van der Waals surface area contributed by atoms with E-state index in [9.17, 15) is 13.0 Å². The molecule has 2 aromatic rings. The first kappa shape index (κ1) is 28.6. The van der Waals surface area contributed by atoms with Crippen molar-refractivity contribution in [2.24, 2.45) is 0 Å². The maximum absolute atomic E-state index is 12.1. The first-order chi connectivity index (χ1) is 14.5. The average Bonchev–Trinajstić information content (AvgIpc) is 2.72. The number of unbranched alkanes of at least 4 members (excludes halogenated alkanes) is 10. The van der Waals surface area contributed by atoms with Gasteiger partial charge in [0.15, 0.2) is 0 Å². The summed E-state index contributed by atoms with van der Waals surface area (Å²) in [7, 11) is -4.49. The molecule has 0 unspecified atom stereocenters. The Morgan fingerprint density at radius 3 is 1.74 bits per heavy atom. The number of hydrogen-bond acceptors (Lipinski definition) is 3. The van der Waals surface area contributed by atoms with Crippen LogP contribution in [0.4, 0.5) is 0 Å². The molecule has 5 heteroatoms. The number of aryl methyl sites for hydroxylation is 2. The summed E-state index contributed by atoms with van der Waals surface area (Å²) in [5.74, 6) is 0.